The zero-order chi connectivity index (χ0) is 21.5. The van der Waals surface area contributed by atoms with Gasteiger partial charge in [0.25, 0.3) is 0 Å². The molecule has 30 heavy (non-hydrogen) atoms. The lowest BCUT2D eigenvalue weighted by Gasteiger charge is -2.32. The number of hydrogen-bond acceptors (Lipinski definition) is 5. The minimum absolute atomic E-state index is 0.150. The van der Waals surface area contributed by atoms with Gasteiger partial charge in [0.15, 0.2) is 9.84 Å². The molecule has 162 valence electrons. The molecule has 0 aromatic heterocycles. The Morgan fingerprint density at radius 2 is 1.77 bits per heavy atom. The van der Waals surface area contributed by atoms with Crippen LogP contribution in [0.4, 0.5) is 0 Å². The van der Waals surface area contributed by atoms with Crippen molar-refractivity contribution in [3.8, 4) is 5.75 Å². The molecule has 1 aliphatic heterocycles. The van der Waals surface area contributed by atoms with Gasteiger partial charge in [0, 0.05) is 35.0 Å². The Balaban J connectivity index is 1.66. The molecule has 2 aromatic rings. The number of benzene rings is 2. The van der Waals surface area contributed by atoms with Crippen molar-refractivity contribution in [3.05, 3.63) is 57.6 Å². The normalized spacial score (nSPS) is 23.2. The fourth-order valence-electron chi connectivity index (χ4n) is 4.39. The average Bonchev–Trinajstić information content (AvgIpc) is 2.88. The van der Waals surface area contributed by atoms with Crippen LogP contribution in [-0.4, -0.2) is 63.7 Å². The summed E-state index contributed by atoms with van der Waals surface area (Å²) in [6, 6.07) is 10.5. The van der Waals surface area contributed by atoms with Gasteiger partial charge in [-0.15, -0.1) is 0 Å². The van der Waals surface area contributed by atoms with Crippen LogP contribution >= 0.6 is 23.2 Å². The molecule has 8 heteroatoms. The van der Waals surface area contributed by atoms with Crippen molar-refractivity contribution in [2.24, 2.45) is 0 Å². The van der Waals surface area contributed by atoms with E-state index >= 15 is 0 Å². The summed E-state index contributed by atoms with van der Waals surface area (Å²) in [5.74, 6) is 0.633. The average molecular weight is 469 g/mol. The minimum atomic E-state index is -3.25. The van der Waals surface area contributed by atoms with Gasteiger partial charge >= 0.3 is 0 Å². The van der Waals surface area contributed by atoms with E-state index in [1.54, 1.807) is 30.3 Å². The molecule has 2 aliphatic rings. The van der Waals surface area contributed by atoms with E-state index < -0.39 is 9.84 Å². The fraction of sp³-hybridized carbons (Fsp3) is 0.455. The molecule has 4 rings (SSSR count). The molecule has 1 aliphatic carbocycles. The van der Waals surface area contributed by atoms with Crippen molar-refractivity contribution in [1.29, 1.82) is 0 Å². The first-order chi connectivity index (χ1) is 14.2. The van der Waals surface area contributed by atoms with Crippen molar-refractivity contribution < 1.29 is 13.2 Å². The molecule has 1 saturated heterocycles. The van der Waals surface area contributed by atoms with Gasteiger partial charge < -0.3 is 9.64 Å². The van der Waals surface area contributed by atoms with E-state index in [2.05, 4.69) is 16.8 Å². The second-order valence-electron chi connectivity index (χ2n) is 8.20. The molecular weight excluding hydrogens is 443 g/mol. The Labute approximate surface area is 188 Å². The number of hydrogen-bond donors (Lipinski definition) is 0. The van der Waals surface area contributed by atoms with Crippen molar-refractivity contribution in [2.45, 2.75) is 29.9 Å². The van der Waals surface area contributed by atoms with Crippen LogP contribution < -0.4 is 4.74 Å². The third kappa shape index (κ3) is 4.63. The zero-order valence-electron chi connectivity index (χ0n) is 17.1. The summed E-state index contributed by atoms with van der Waals surface area (Å²) < 4.78 is 30.0. The summed E-state index contributed by atoms with van der Waals surface area (Å²) in [6.07, 6.45) is 2.89. The van der Waals surface area contributed by atoms with Crippen LogP contribution in [0.25, 0.3) is 0 Å². The van der Waals surface area contributed by atoms with Gasteiger partial charge in [0.2, 0.25) is 0 Å². The van der Waals surface area contributed by atoms with Crippen molar-refractivity contribution >= 4 is 33.0 Å². The largest absolute Gasteiger partial charge is 0.484 e. The van der Waals surface area contributed by atoms with Crippen LogP contribution in [0.2, 0.25) is 10.0 Å². The van der Waals surface area contributed by atoms with Gasteiger partial charge in [-0.05, 0) is 74.9 Å². The van der Waals surface area contributed by atoms with Crippen LogP contribution in [0.15, 0.2) is 41.3 Å². The number of ether oxygens (including phenoxy) is 1. The summed E-state index contributed by atoms with van der Waals surface area (Å²) in [4.78, 5) is 5.12. The number of rotatable bonds is 4. The fourth-order valence-corrected chi connectivity index (χ4v) is 5.61. The maximum atomic E-state index is 11.8. The van der Waals surface area contributed by atoms with Gasteiger partial charge in [-0.25, -0.2) is 8.42 Å². The first-order valence-electron chi connectivity index (χ1n) is 10.1. The lowest BCUT2D eigenvalue weighted by Crippen LogP contribution is -2.42. The lowest BCUT2D eigenvalue weighted by atomic mass is 10.1. The summed E-state index contributed by atoms with van der Waals surface area (Å²) >= 11 is 12.9. The molecule has 0 amide bonds. The van der Waals surface area contributed by atoms with E-state index in [1.165, 1.54) is 6.26 Å². The summed E-state index contributed by atoms with van der Waals surface area (Å²) in [6.45, 7) is 4.06. The predicted molar refractivity (Wildman–Crippen MR) is 121 cm³/mol. The summed E-state index contributed by atoms with van der Waals surface area (Å²) in [5.41, 5.74) is 2.10. The Morgan fingerprint density at radius 3 is 2.47 bits per heavy atom. The third-order valence-electron chi connectivity index (χ3n) is 6.00. The van der Waals surface area contributed by atoms with E-state index in [0.717, 1.165) is 50.1 Å². The lowest BCUT2D eigenvalue weighted by molar-refractivity contribution is 0.0805. The van der Waals surface area contributed by atoms with Gasteiger partial charge in [-0.3, -0.25) is 4.90 Å². The number of sulfone groups is 1. The van der Waals surface area contributed by atoms with E-state index in [1.807, 2.05) is 6.07 Å². The molecule has 1 fully saturated rings. The number of halogens is 2. The highest BCUT2D eigenvalue weighted by Crippen LogP contribution is 2.42. The maximum Gasteiger partial charge on any atom is 0.175 e. The topological polar surface area (TPSA) is 49.9 Å². The maximum absolute atomic E-state index is 11.8. The highest BCUT2D eigenvalue weighted by atomic mass is 35.5. The SMILES string of the molecule is CN1CCCN([C@H]2Cc3c(Cl)cc(Cl)cc3[C@H]2Oc2ccc(S(C)(=O)=O)cc2)CC1. The molecule has 0 saturated carbocycles. The predicted octanol–water partition coefficient (Wildman–Crippen LogP) is 4.08. The molecule has 0 radical (unpaired) electrons. The molecule has 1 heterocycles. The molecule has 0 bridgehead atoms. The molecule has 2 atom stereocenters. The molecule has 0 spiro atoms. The standard InChI is InChI=1S/C22H26Cl2N2O3S/c1-25-8-3-9-26(11-10-25)21-14-18-19(12-15(23)13-20(18)24)22(21)29-16-4-6-17(7-5-16)30(2,27)28/h4-7,12-13,21-22H,3,8-11,14H2,1-2H3/t21-,22+/m0/s1. The first kappa shape index (κ1) is 21.9. The Morgan fingerprint density at radius 1 is 1.03 bits per heavy atom. The molecular formula is C22H26Cl2N2O3S. The summed E-state index contributed by atoms with van der Waals surface area (Å²) in [7, 11) is -1.09. The Hall–Kier alpha value is -1.31. The van der Waals surface area contributed by atoms with Gasteiger partial charge in [-0.2, -0.15) is 0 Å². The van der Waals surface area contributed by atoms with E-state index in [0.29, 0.717) is 15.8 Å². The van der Waals surface area contributed by atoms with Crippen molar-refractivity contribution in [1.82, 2.24) is 9.80 Å². The monoisotopic (exact) mass is 468 g/mol. The van der Waals surface area contributed by atoms with E-state index in [4.69, 9.17) is 27.9 Å². The zero-order valence-corrected chi connectivity index (χ0v) is 19.5. The quantitative estimate of drug-likeness (QED) is 0.676. The van der Waals surface area contributed by atoms with Crippen LogP contribution in [0.1, 0.15) is 23.7 Å². The molecule has 0 unspecified atom stereocenters. The van der Waals surface area contributed by atoms with Crippen LogP contribution in [0.3, 0.4) is 0 Å². The van der Waals surface area contributed by atoms with Crippen LogP contribution in [0.5, 0.6) is 5.75 Å². The van der Waals surface area contributed by atoms with E-state index in [-0.39, 0.29) is 17.0 Å². The molecule has 5 nitrogen and oxygen atoms in total. The second-order valence-corrected chi connectivity index (χ2v) is 11.1. The molecule has 0 N–H and O–H groups in total. The number of likely N-dealkylation sites (N-methyl/N-ethyl adjacent to an activating group) is 1. The van der Waals surface area contributed by atoms with Crippen LogP contribution in [0, 0.1) is 0 Å². The van der Waals surface area contributed by atoms with Crippen LogP contribution in [-0.2, 0) is 16.3 Å². The number of fused-ring (bicyclic) bond motifs is 1. The third-order valence-corrected chi connectivity index (χ3v) is 7.69. The summed E-state index contributed by atoms with van der Waals surface area (Å²) in [5, 5.41) is 1.27. The first-order valence-corrected chi connectivity index (χ1v) is 12.7. The smallest absolute Gasteiger partial charge is 0.175 e. The minimum Gasteiger partial charge on any atom is -0.484 e. The van der Waals surface area contributed by atoms with Gasteiger partial charge in [0.1, 0.15) is 11.9 Å². The second kappa shape index (κ2) is 8.67. The Kier molecular flexibility index (Phi) is 6.33. The van der Waals surface area contributed by atoms with E-state index in [9.17, 15) is 8.42 Å². The highest BCUT2D eigenvalue weighted by Gasteiger charge is 2.39. The number of nitrogens with zero attached hydrogens (tertiary/aromatic N) is 2. The van der Waals surface area contributed by atoms with Crippen molar-refractivity contribution in [3.63, 3.8) is 0 Å². The van der Waals surface area contributed by atoms with Gasteiger partial charge in [0.05, 0.1) is 10.9 Å². The van der Waals surface area contributed by atoms with Gasteiger partial charge in [-0.1, -0.05) is 23.2 Å². The Bertz CT molecular complexity index is 1030. The highest BCUT2D eigenvalue weighted by molar-refractivity contribution is 7.90. The molecule has 2 aromatic carbocycles. The van der Waals surface area contributed by atoms with Crippen molar-refractivity contribution in [2.75, 3.05) is 39.5 Å².